The molecule has 0 aliphatic heterocycles. The molecular weight excluding hydrogens is 190 g/mol. The minimum absolute atomic E-state index is 0.796. The van der Waals surface area contributed by atoms with Gasteiger partial charge in [-0.2, -0.15) is 0 Å². The fourth-order valence-electron chi connectivity index (χ4n) is 0.0630. The van der Waals surface area contributed by atoms with Gasteiger partial charge in [-0.25, -0.2) is 0 Å². The van der Waals surface area contributed by atoms with Crippen LogP contribution in [0.15, 0.2) is 0 Å². The van der Waals surface area contributed by atoms with Crippen LogP contribution in [0.3, 0.4) is 0 Å². The zero-order chi connectivity index (χ0) is 4.12. The quantitative estimate of drug-likeness (QED) is 0.633. The molecule has 0 aromatic carbocycles. The summed E-state index contributed by atoms with van der Waals surface area (Å²) in [6.07, 6.45) is 0. The molecule has 0 spiro atoms. The molecule has 0 unspecified atom stereocenters. The molecular formula is C2H5ClInO. The Morgan fingerprint density at radius 3 is 2.60 bits per heavy atom. The van der Waals surface area contributed by atoms with Crippen LogP contribution in [0.5, 0.6) is 0 Å². The Morgan fingerprint density at radius 2 is 2.60 bits per heavy atom. The number of hydrogen-bond donors (Lipinski definition) is 0. The summed E-state index contributed by atoms with van der Waals surface area (Å²) in [5.74, 6) is 0. The Morgan fingerprint density at radius 1 is 2.00 bits per heavy atom. The van der Waals surface area contributed by atoms with E-state index >= 15 is 0 Å². The summed E-state index contributed by atoms with van der Waals surface area (Å²) < 4.78 is 4.79. The van der Waals surface area contributed by atoms with Crippen molar-refractivity contribution < 1.29 is 2.85 Å². The minimum atomic E-state index is -0.956. The molecule has 3 heteroatoms. The number of rotatable bonds is 2. The first kappa shape index (κ1) is 6.12. The molecule has 0 saturated heterocycles. The molecule has 0 N–H and O–H groups in total. The molecule has 0 aromatic rings. The predicted octanol–water partition coefficient (Wildman–Crippen LogP) is 0.796. The average molecular weight is 195 g/mol. The van der Waals surface area contributed by atoms with Gasteiger partial charge in [0.15, 0.2) is 0 Å². The van der Waals surface area contributed by atoms with Crippen LogP contribution in [-0.4, -0.2) is 28.8 Å². The molecule has 0 amide bonds. The van der Waals surface area contributed by atoms with E-state index in [0.29, 0.717) is 0 Å². The molecule has 0 atom stereocenters. The molecule has 0 bridgehead atoms. The maximum atomic E-state index is 5.27. The van der Waals surface area contributed by atoms with Crippen molar-refractivity contribution in [2.75, 3.05) is 6.61 Å². The molecule has 0 fully saturated rings. The first-order chi connectivity index (χ1) is 2.41. The Balaban J connectivity index is 2.19. The standard InChI is InChI=1S/C2H5O.ClH.In/c1-2-3;;/h2H2,1H3;1H;/q-1;;+2/p-1. The molecule has 0 heterocycles. The van der Waals surface area contributed by atoms with Gasteiger partial charge in [-0.15, -0.1) is 0 Å². The van der Waals surface area contributed by atoms with Crippen LogP contribution in [0.2, 0.25) is 0 Å². The molecule has 5 heavy (non-hydrogen) atoms. The van der Waals surface area contributed by atoms with Crippen molar-refractivity contribution in [2.24, 2.45) is 0 Å². The molecule has 1 radical (unpaired) electrons. The van der Waals surface area contributed by atoms with Crippen molar-refractivity contribution in [3.8, 4) is 0 Å². The molecule has 0 rings (SSSR count). The van der Waals surface area contributed by atoms with E-state index in [1.54, 1.807) is 0 Å². The number of hydrogen-bond acceptors (Lipinski definition) is 1. The summed E-state index contributed by atoms with van der Waals surface area (Å²) in [4.78, 5) is 0. The van der Waals surface area contributed by atoms with Gasteiger partial charge in [0.05, 0.1) is 0 Å². The van der Waals surface area contributed by atoms with E-state index in [4.69, 9.17) is 11.4 Å². The van der Waals surface area contributed by atoms with Crippen molar-refractivity contribution in [3.05, 3.63) is 0 Å². The van der Waals surface area contributed by atoms with E-state index in [0.717, 1.165) is 6.61 Å². The van der Waals surface area contributed by atoms with Crippen molar-refractivity contribution in [1.82, 2.24) is 0 Å². The van der Waals surface area contributed by atoms with Gasteiger partial charge in [-0.05, 0) is 0 Å². The fraction of sp³-hybridized carbons (Fsp3) is 1.00. The molecule has 0 aliphatic carbocycles. The van der Waals surface area contributed by atoms with E-state index < -0.39 is 22.2 Å². The van der Waals surface area contributed by atoms with Gasteiger partial charge in [0, 0.05) is 0 Å². The van der Waals surface area contributed by atoms with Crippen LogP contribution in [-0.2, 0) is 2.85 Å². The van der Waals surface area contributed by atoms with Gasteiger partial charge in [0.25, 0.3) is 0 Å². The summed E-state index contributed by atoms with van der Waals surface area (Å²) in [6, 6.07) is 0. The van der Waals surface area contributed by atoms with E-state index in [1.807, 2.05) is 6.92 Å². The Bertz CT molecular complexity index is 17.1. The normalized spacial score (nSPS) is 7.60. The molecule has 0 aromatic heterocycles. The fourth-order valence-corrected chi connectivity index (χ4v) is 1.27. The third-order valence-corrected chi connectivity index (χ3v) is 2.39. The first-order valence-electron chi connectivity index (χ1n) is 1.45. The predicted molar refractivity (Wildman–Crippen MR) is 23.2 cm³/mol. The van der Waals surface area contributed by atoms with Crippen molar-refractivity contribution in [2.45, 2.75) is 6.92 Å². The van der Waals surface area contributed by atoms with E-state index in [9.17, 15) is 0 Å². The number of halogens is 1. The zero-order valence-electron chi connectivity index (χ0n) is 3.07. The van der Waals surface area contributed by atoms with Crippen LogP contribution >= 0.6 is 8.58 Å². The Labute approximate surface area is 47.2 Å². The van der Waals surface area contributed by atoms with Crippen LogP contribution in [0.25, 0.3) is 0 Å². The maximum absolute atomic E-state index is 5.27. The Kier molecular flexibility index (Phi) is 6.27. The molecule has 0 aliphatic rings. The van der Waals surface area contributed by atoms with Gasteiger partial charge >= 0.3 is 47.1 Å². The van der Waals surface area contributed by atoms with Gasteiger partial charge in [-0.3, -0.25) is 0 Å². The topological polar surface area (TPSA) is 9.23 Å². The summed E-state index contributed by atoms with van der Waals surface area (Å²) >= 11 is -0.956. The average Bonchev–Trinajstić information content (AvgIpc) is 1.41. The van der Waals surface area contributed by atoms with Gasteiger partial charge in [0.1, 0.15) is 0 Å². The van der Waals surface area contributed by atoms with Crippen LogP contribution < -0.4 is 0 Å². The SMILES string of the molecule is CC[O][In][Cl]. The second kappa shape index (κ2) is 5.12. The third-order valence-electron chi connectivity index (χ3n) is 0.230. The Hall–Kier alpha value is 1.12. The molecule has 0 saturated carbocycles. The van der Waals surface area contributed by atoms with Gasteiger partial charge in [0.2, 0.25) is 0 Å². The third kappa shape index (κ3) is 5.12. The summed E-state index contributed by atoms with van der Waals surface area (Å²) in [5, 5.41) is 0. The van der Waals surface area contributed by atoms with Crippen LogP contribution in [0.1, 0.15) is 6.92 Å². The van der Waals surface area contributed by atoms with Crippen molar-refractivity contribution >= 4 is 30.7 Å². The van der Waals surface area contributed by atoms with Crippen LogP contribution in [0.4, 0.5) is 0 Å². The van der Waals surface area contributed by atoms with E-state index in [2.05, 4.69) is 0 Å². The zero-order valence-corrected chi connectivity index (χ0v) is 7.12. The van der Waals surface area contributed by atoms with Crippen molar-refractivity contribution in [1.29, 1.82) is 0 Å². The van der Waals surface area contributed by atoms with E-state index in [1.165, 1.54) is 0 Å². The van der Waals surface area contributed by atoms with E-state index in [-0.39, 0.29) is 0 Å². The second-order valence-electron chi connectivity index (χ2n) is 0.544. The monoisotopic (exact) mass is 195 g/mol. The molecule has 29 valence electrons. The van der Waals surface area contributed by atoms with Gasteiger partial charge in [-0.1, -0.05) is 0 Å². The van der Waals surface area contributed by atoms with Crippen LogP contribution in [0, 0.1) is 0 Å². The van der Waals surface area contributed by atoms with Crippen molar-refractivity contribution in [3.63, 3.8) is 0 Å². The second-order valence-corrected chi connectivity index (χ2v) is 3.20. The summed E-state index contributed by atoms with van der Waals surface area (Å²) in [6.45, 7) is 2.75. The summed E-state index contributed by atoms with van der Waals surface area (Å²) in [7, 11) is 5.27. The summed E-state index contributed by atoms with van der Waals surface area (Å²) in [5.41, 5.74) is 0. The molecule has 1 nitrogen and oxygen atoms in total. The van der Waals surface area contributed by atoms with Gasteiger partial charge < -0.3 is 0 Å². The first-order valence-corrected chi connectivity index (χ1v) is 6.97.